The summed E-state index contributed by atoms with van der Waals surface area (Å²) >= 11 is 1.52. The van der Waals surface area contributed by atoms with E-state index >= 15 is 0 Å². The van der Waals surface area contributed by atoms with Crippen LogP contribution in [-0.2, 0) is 22.8 Å². The van der Waals surface area contributed by atoms with Crippen molar-refractivity contribution in [2.45, 2.75) is 35.6 Å². The molecule has 30 heavy (non-hydrogen) atoms. The smallest absolute Gasteiger partial charge is 0.241 e. The number of benzene rings is 2. The maximum atomic E-state index is 12.4. The number of nitrogens with one attached hydrogen (secondary N) is 1. The highest BCUT2D eigenvalue weighted by atomic mass is 32.2. The number of sulfonamides is 1. The molecule has 0 unspecified atom stereocenters. The fourth-order valence-electron chi connectivity index (χ4n) is 2.84. The maximum absolute atomic E-state index is 12.4. The number of anilines is 1. The van der Waals surface area contributed by atoms with Crippen LogP contribution in [0.3, 0.4) is 0 Å². The number of rotatable bonds is 10. The van der Waals surface area contributed by atoms with Gasteiger partial charge in [-0.25, -0.2) is 18.5 Å². The molecule has 1 heterocycles. The summed E-state index contributed by atoms with van der Waals surface area (Å²) in [6.07, 6.45) is 5.56. The van der Waals surface area contributed by atoms with E-state index in [-0.39, 0.29) is 10.6 Å². The van der Waals surface area contributed by atoms with E-state index in [1.807, 2.05) is 42.1 Å². The summed E-state index contributed by atoms with van der Waals surface area (Å²) in [5.41, 5.74) is 1.42. The Morgan fingerprint density at radius 2 is 2.00 bits per heavy atom. The van der Waals surface area contributed by atoms with E-state index in [4.69, 9.17) is 9.88 Å². The standard InChI is InChI=1S/C21H26N4O3S2/c1-3-4-10-23-18-13-16(15-29-21-24-11-12-25(21)2)14-19(30(22,26)27)20(18)28-17-8-6-5-7-9-17/h5-9,11-14,23H,3-4,10,15H2,1-2H3,(H2,22,26,27). The van der Waals surface area contributed by atoms with Crippen LogP contribution in [0.4, 0.5) is 5.69 Å². The van der Waals surface area contributed by atoms with Crippen molar-refractivity contribution < 1.29 is 13.2 Å². The molecule has 160 valence electrons. The van der Waals surface area contributed by atoms with Crippen LogP contribution in [-0.4, -0.2) is 24.5 Å². The Hall–Kier alpha value is -2.49. The molecular formula is C21H26N4O3S2. The lowest BCUT2D eigenvalue weighted by atomic mass is 10.2. The second kappa shape index (κ2) is 10.0. The SMILES string of the molecule is CCCCNc1cc(CSc2nccn2C)cc(S(N)(=O)=O)c1Oc1ccccc1. The van der Waals surface area contributed by atoms with E-state index in [9.17, 15) is 8.42 Å². The van der Waals surface area contributed by atoms with Crippen molar-refractivity contribution >= 4 is 27.5 Å². The Balaban J connectivity index is 2.00. The van der Waals surface area contributed by atoms with E-state index in [1.54, 1.807) is 24.4 Å². The molecule has 0 spiro atoms. The van der Waals surface area contributed by atoms with Crippen LogP contribution in [0.15, 0.2) is 64.9 Å². The number of primary sulfonamides is 1. The van der Waals surface area contributed by atoms with Gasteiger partial charge in [-0.2, -0.15) is 0 Å². The monoisotopic (exact) mass is 446 g/mol. The zero-order chi connectivity index (χ0) is 21.6. The highest BCUT2D eigenvalue weighted by Crippen LogP contribution is 2.38. The fourth-order valence-corrected chi connectivity index (χ4v) is 4.42. The first-order chi connectivity index (χ1) is 14.4. The molecule has 3 N–H and O–H groups in total. The molecular weight excluding hydrogens is 420 g/mol. The fraction of sp³-hybridized carbons (Fsp3) is 0.286. The molecule has 0 atom stereocenters. The summed E-state index contributed by atoms with van der Waals surface area (Å²) in [6.45, 7) is 2.79. The van der Waals surface area contributed by atoms with Crippen molar-refractivity contribution in [3.8, 4) is 11.5 Å². The number of nitrogens with zero attached hydrogens (tertiary/aromatic N) is 2. The highest BCUT2D eigenvalue weighted by molar-refractivity contribution is 7.98. The summed E-state index contributed by atoms with van der Waals surface area (Å²) in [7, 11) is -2.09. The van der Waals surface area contributed by atoms with Gasteiger partial charge < -0.3 is 14.6 Å². The van der Waals surface area contributed by atoms with Gasteiger partial charge in [0.2, 0.25) is 10.0 Å². The molecule has 0 amide bonds. The summed E-state index contributed by atoms with van der Waals surface area (Å²) in [5, 5.41) is 9.72. The summed E-state index contributed by atoms with van der Waals surface area (Å²) in [5.74, 6) is 1.29. The Morgan fingerprint density at radius 3 is 2.63 bits per heavy atom. The van der Waals surface area contributed by atoms with Gasteiger partial charge in [0.05, 0.1) is 5.69 Å². The molecule has 0 bridgehead atoms. The van der Waals surface area contributed by atoms with E-state index in [2.05, 4.69) is 17.2 Å². The van der Waals surface area contributed by atoms with Gasteiger partial charge in [0, 0.05) is 31.7 Å². The second-order valence-corrected chi connectivity index (χ2v) is 9.29. The van der Waals surface area contributed by atoms with Crippen molar-refractivity contribution in [3.05, 3.63) is 60.4 Å². The van der Waals surface area contributed by atoms with Gasteiger partial charge in [-0.15, -0.1) is 0 Å². The molecule has 0 aliphatic rings. The summed E-state index contributed by atoms with van der Waals surface area (Å²) in [4.78, 5) is 4.26. The van der Waals surface area contributed by atoms with Crippen molar-refractivity contribution in [3.63, 3.8) is 0 Å². The Labute approximate surface area is 181 Å². The number of nitrogens with two attached hydrogens (primary N) is 1. The molecule has 0 aliphatic carbocycles. The molecule has 0 aliphatic heterocycles. The third-order valence-corrected chi connectivity index (χ3v) is 6.42. The lowest BCUT2D eigenvalue weighted by molar-refractivity contribution is 0.469. The number of imidazole rings is 1. The van der Waals surface area contributed by atoms with Gasteiger partial charge in [-0.3, -0.25) is 0 Å². The third-order valence-electron chi connectivity index (χ3n) is 4.37. The minimum atomic E-state index is -4.00. The largest absolute Gasteiger partial charge is 0.454 e. The maximum Gasteiger partial charge on any atom is 0.241 e. The Bertz CT molecular complexity index is 1080. The van der Waals surface area contributed by atoms with Gasteiger partial charge in [0.15, 0.2) is 10.9 Å². The van der Waals surface area contributed by atoms with E-state index < -0.39 is 10.0 Å². The first-order valence-corrected chi connectivity index (χ1v) is 12.2. The lowest BCUT2D eigenvalue weighted by Crippen LogP contribution is -2.15. The van der Waals surface area contributed by atoms with Gasteiger partial charge in [-0.1, -0.05) is 43.3 Å². The number of hydrogen-bond donors (Lipinski definition) is 2. The number of thioether (sulfide) groups is 1. The van der Waals surface area contributed by atoms with E-state index in [0.717, 1.165) is 23.6 Å². The number of aryl methyl sites for hydroxylation is 1. The predicted molar refractivity (Wildman–Crippen MR) is 120 cm³/mol. The molecule has 0 saturated carbocycles. The van der Waals surface area contributed by atoms with Crippen LogP contribution in [0.25, 0.3) is 0 Å². The normalized spacial score (nSPS) is 11.4. The van der Waals surface area contributed by atoms with Crippen molar-refractivity contribution in [1.29, 1.82) is 0 Å². The summed E-state index contributed by atoms with van der Waals surface area (Å²) < 4.78 is 32.7. The molecule has 0 radical (unpaired) electrons. The molecule has 7 nitrogen and oxygen atoms in total. The molecule has 0 fully saturated rings. The molecule has 1 aromatic heterocycles. The van der Waals surface area contributed by atoms with Gasteiger partial charge in [0.25, 0.3) is 0 Å². The quantitative estimate of drug-likeness (QED) is 0.354. The first-order valence-electron chi connectivity index (χ1n) is 9.65. The minimum Gasteiger partial charge on any atom is -0.454 e. The van der Waals surface area contributed by atoms with Crippen LogP contribution < -0.4 is 15.2 Å². The molecule has 2 aromatic carbocycles. The van der Waals surface area contributed by atoms with Gasteiger partial charge in [-0.05, 0) is 36.2 Å². The van der Waals surface area contributed by atoms with Crippen LogP contribution in [0, 0.1) is 0 Å². The lowest BCUT2D eigenvalue weighted by Gasteiger charge is -2.18. The zero-order valence-corrected chi connectivity index (χ0v) is 18.7. The number of unbranched alkanes of at least 4 members (excludes halogenated alkanes) is 1. The predicted octanol–water partition coefficient (Wildman–Crippen LogP) is 4.36. The number of hydrogen-bond acceptors (Lipinski definition) is 6. The topological polar surface area (TPSA) is 99.2 Å². The second-order valence-electron chi connectivity index (χ2n) is 6.82. The number of para-hydroxylation sites is 1. The third kappa shape index (κ3) is 5.78. The first kappa shape index (κ1) is 22.2. The Morgan fingerprint density at radius 1 is 1.23 bits per heavy atom. The van der Waals surface area contributed by atoms with Crippen molar-refractivity contribution in [2.75, 3.05) is 11.9 Å². The van der Waals surface area contributed by atoms with E-state index in [0.29, 0.717) is 23.7 Å². The Kier molecular flexibility index (Phi) is 7.41. The van der Waals surface area contributed by atoms with Crippen LogP contribution >= 0.6 is 11.8 Å². The van der Waals surface area contributed by atoms with Crippen LogP contribution in [0.5, 0.6) is 11.5 Å². The average Bonchev–Trinajstić information content (AvgIpc) is 3.12. The highest BCUT2D eigenvalue weighted by Gasteiger charge is 2.22. The summed E-state index contributed by atoms with van der Waals surface area (Å²) in [6, 6.07) is 12.6. The van der Waals surface area contributed by atoms with E-state index in [1.165, 1.54) is 11.8 Å². The minimum absolute atomic E-state index is 0.0386. The zero-order valence-electron chi connectivity index (χ0n) is 17.0. The van der Waals surface area contributed by atoms with Gasteiger partial charge in [0.1, 0.15) is 10.6 Å². The molecule has 9 heteroatoms. The molecule has 0 saturated heterocycles. The van der Waals surface area contributed by atoms with Gasteiger partial charge >= 0.3 is 0 Å². The van der Waals surface area contributed by atoms with Crippen LogP contribution in [0.1, 0.15) is 25.3 Å². The molecule has 3 aromatic rings. The average molecular weight is 447 g/mol. The van der Waals surface area contributed by atoms with Crippen molar-refractivity contribution in [2.24, 2.45) is 12.2 Å². The van der Waals surface area contributed by atoms with Crippen LogP contribution in [0.2, 0.25) is 0 Å². The molecule has 3 rings (SSSR count). The van der Waals surface area contributed by atoms with Crippen molar-refractivity contribution in [1.82, 2.24) is 9.55 Å². The number of aromatic nitrogens is 2. The number of ether oxygens (including phenoxy) is 1.